The molecule has 1 aliphatic rings. The van der Waals surface area contributed by atoms with Crippen LogP contribution in [0.5, 0.6) is 0 Å². The molecule has 0 spiro atoms. The molecule has 6 nitrogen and oxygen atoms in total. The Morgan fingerprint density at radius 1 is 1.00 bits per heavy atom. The molecule has 3 N–H and O–H groups in total. The van der Waals surface area contributed by atoms with Crippen LogP contribution in [0.1, 0.15) is 16.7 Å². The molecule has 0 fully saturated rings. The number of carbonyl (C=O) groups excluding carboxylic acids is 1. The van der Waals surface area contributed by atoms with Crippen molar-refractivity contribution in [2.75, 3.05) is 12.8 Å². The number of fused-ring (bicyclic) bond motifs is 1. The second-order valence-electron chi connectivity index (χ2n) is 9.69. The van der Waals surface area contributed by atoms with Gasteiger partial charge in [-0.05, 0) is 65.6 Å². The van der Waals surface area contributed by atoms with Crippen molar-refractivity contribution >= 4 is 32.2 Å². The first-order valence-corrected chi connectivity index (χ1v) is 14.4. The number of sulfone groups is 1. The molecule has 0 aliphatic carbocycles. The zero-order valence-corrected chi connectivity index (χ0v) is 22.3. The van der Waals surface area contributed by atoms with Crippen LogP contribution < -0.4 is 10.6 Å². The highest BCUT2D eigenvalue weighted by molar-refractivity contribution is 7.90. The van der Waals surface area contributed by atoms with Crippen molar-refractivity contribution in [1.29, 1.82) is 0 Å². The molecule has 0 saturated carbocycles. The van der Waals surface area contributed by atoms with Crippen LogP contribution in [0, 0.1) is 17.5 Å². The Bertz CT molecular complexity index is 1760. The van der Waals surface area contributed by atoms with Crippen LogP contribution in [-0.4, -0.2) is 38.2 Å². The van der Waals surface area contributed by atoms with Gasteiger partial charge in [0.15, 0.2) is 9.84 Å². The number of hydrogen-bond acceptors (Lipinski definition) is 4. The third-order valence-corrected chi connectivity index (χ3v) is 7.79. The van der Waals surface area contributed by atoms with Crippen molar-refractivity contribution in [2.24, 2.45) is 0 Å². The zero-order chi connectivity index (χ0) is 28.4. The lowest BCUT2D eigenvalue weighted by atomic mass is 9.93. The highest BCUT2D eigenvalue weighted by Crippen LogP contribution is 2.27. The molecule has 3 aromatic carbocycles. The summed E-state index contributed by atoms with van der Waals surface area (Å²) in [5.41, 5.74) is 3.40. The normalized spacial score (nSPS) is 14.3. The molecule has 10 heteroatoms. The molecule has 0 radical (unpaired) electrons. The van der Waals surface area contributed by atoms with Gasteiger partial charge in [-0.3, -0.25) is 4.79 Å². The predicted molar refractivity (Wildman–Crippen MR) is 148 cm³/mol. The Kier molecular flexibility index (Phi) is 7.53. The molecule has 0 unspecified atom stereocenters. The van der Waals surface area contributed by atoms with E-state index in [0.29, 0.717) is 45.4 Å². The number of allylic oxidation sites excluding steroid dienone is 2. The van der Waals surface area contributed by atoms with Crippen molar-refractivity contribution < 1.29 is 26.4 Å². The Balaban J connectivity index is 1.53. The molecule has 206 valence electrons. The van der Waals surface area contributed by atoms with Gasteiger partial charge in [-0.15, -0.1) is 0 Å². The number of amides is 1. The topological polar surface area (TPSA) is 91.1 Å². The fourth-order valence-electron chi connectivity index (χ4n) is 4.89. The van der Waals surface area contributed by atoms with Crippen molar-refractivity contribution in [3.63, 3.8) is 0 Å². The third-order valence-electron chi connectivity index (χ3n) is 6.68. The summed E-state index contributed by atoms with van der Waals surface area (Å²) < 4.78 is 66.4. The summed E-state index contributed by atoms with van der Waals surface area (Å²) in [5, 5.41) is 6.81. The molecular formula is C30H26F3N3O3S. The van der Waals surface area contributed by atoms with Gasteiger partial charge in [-0.25, -0.2) is 21.6 Å². The minimum atomic E-state index is -3.48. The van der Waals surface area contributed by atoms with Crippen molar-refractivity contribution in [3.8, 4) is 0 Å². The summed E-state index contributed by atoms with van der Waals surface area (Å²) in [4.78, 5) is 16.5. The van der Waals surface area contributed by atoms with Crippen molar-refractivity contribution in [2.45, 2.75) is 23.8 Å². The van der Waals surface area contributed by atoms with Gasteiger partial charge in [-0.1, -0.05) is 24.3 Å². The Morgan fingerprint density at radius 3 is 2.52 bits per heavy atom. The summed E-state index contributed by atoms with van der Waals surface area (Å²) in [7, 11) is -3.48. The van der Waals surface area contributed by atoms with Crippen LogP contribution >= 0.6 is 0 Å². The summed E-state index contributed by atoms with van der Waals surface area (Å²) >= 11 is 0. The van der Waals surface area contributed by atoms with E-state index in [-0.39, 0.29) is 23.6 Å². The lowest BCUT2D eigenvalue weighted by Gasteiger charge is -2.28. The van der Waals surface area contributed by atoms with E-state index in [9.17, 15) is 26.4 Å². The maximum Gasteiger partial charge on any atom is 0.225 e. The summed E-state index contributed by atoms with van der Waals surface area (Å²) in [5.74, 6) is -2.30. The number of H-pyrrole nitrogens is 1. The summed E-state index contributed by atoms with van der Waals surface area (Å²) in [6.45, 7) is 0.427. The van der Waals surface area contributed by atoms with Gasteiger partial charge in [0.25, 0.3) is 0 Å². The second kappa shape index (κ2) is 11.1. The molecule has 1 atom stereocenters. The van der Waals surface area contributed by atoms with Gasteiger partial charge in [0.2, 0.25) is 5.91 Å². The van der Waals surface area contributed by atoms with E-state index in [1.165, 1.54) is 30.3 Å². The molecule has 2 heterocycles. The van der Waals surface area contributed by atoms with Crippen LogP contribution in [0.25, 0.3) is 16.5 Å². The van der Waals surface area contributed by atoms with Crippen LogP contribution in [-0.2, 0) is 27.5 Å². The molecule has 1 aromatic heterocycles. The van der Waals surface area contributed by atoms with Gasteiger partial charge in [-0.2, -0.15) is 0 Å². The number of rotatable bonds is 8. The third kappa shape index (κ3) is 6.12. The maximum atomic E-state index is 14.1. The predicted octanol–water partition coefficient (Wildman–Crippen LogP) is 4.83. The van der Waals surface area contributed by atoms with Gasteiger partial charge in [0.1, 0.15) is 17.5 Å². The van der Waals surface area contributed by atoms with E-state index in [4.69, 9.17) is 0 Å². The number of aromatic amines is 1. The quantitative estimate of drug-likeness (QED) is 0.286. The lowest BCUT2D eigenvalue weighted by Crippen LogP contribution is -2.43. The first-order chi connectivity index (χ1) is 19.1. The van der Waals surface area contributed by atoms with Crippen molar-refractivity contribution in [3.05, 3.63) is 119 Å². The Morgan fingerprint density at radius 2 is 1.77 bits per heavy atom. The first kappa shape index (κ1) is 27.3. The van der Waals surface area contributed by atoms with Crippen LogP contribution in [0.15, 0.2) is 89.6 Å². The number of halogens is 3. The molecule has 40 heavy (non-hydrogen) atoms. The van der Waals surface area contributed by atoms with Gasteiger partial charge >= 0.3 is 0 Å². The average molecular weight is 566 g/mol. The first-order valence-electron chi connectivity index (χ1n) is 12.5. The van der Waals surface area contributed by atoms with Crippen LogP contribution in [0.2, 0.25) is 0 Å². The number of benzene rings is 3. The largest absolute Gasteiger partial charge is 0.383 e. The molecule has 4 aromatic rings. The van der Waals surface area contributed by atoms with Gasteiger partial charge in [0.05, 0.1) is 17.4 Å². The summed E-state index contributed by atoms with van der Waals surface area (Å²) in [6, 6.07) is 13.1. The monoisotopic (exact) mass is 565 g/mol. The minimum absolute atomic E-state index is 0.0500. The summed E-state index contributed by atoms with van der Waals surface area (Å²) in [6.07, 6.45) is 6.42. The van der Waals surface area contributed by atoms with E-state index >= 15 is 0 Å². The maximum absolute atomic E-state index is 14.1. The Hall–Kier alpha value is -4.31. The molecular weight excluding hydrogens is 539 g/mol. The van der Waals surface area contributed by atoms with E-state index in [2.05, 4.69) is 15.6 Å². The van der Waals surface area contributed by atoms with Gasteiger partial charge < -0.3 is 15.6 Å². The Labute approximate surface area is 229 Å². The van der Waals surface area contributed by atoms with Crippen LogP contribution in [0.4, 0.5) is 13.2 Å². The highest BCUT2D eigenvalue weighted by atomic mass is 32.2. The van der Waals surface area contributed by atoms with Gasteiger partial charge in [0, 0.05) is 47.2 Å². The standard InChI is InChI=1S/C30H26F3N3O3S/c1-40(38,39)24-5-2-4-19(13-24)25-6-3-9-34-30(25)28(12-18-10-22(32)15-23(33)11-18)36-29(37)14-20-17-35-27-8-7-21(31)16-26(20)27/h2-8,10-11,13,15-17,28,34-35H,9,12,14H2,1H3,(H,36,37)/t28-/m0/s1. The number of carbonyl (C=O) groups is 1. The van der Waals surface area contributed by atoms with E-state index in [0.717, 1.165) is 12.3 Å². The number of nitrogens with one attached hydrogen (secondary N) is 3. The average Bonchev–Trinajstić information content (AvgIpc) is 3.28. The molecule has 0 bridgehead atoms. The zero-order valence-electron chi connectivity index (χ0n) is 21.5. The molecule has 1 amide bonds. The van der Waals surface area contributed by atoms with E-state index in [1.807, 2.05) is 12.2 Å². The number of hydrogen-bond donors (Lipinski definition) is 3. The smallest absolute Gasteiger partial charge is 0.225 e. The molecule has 0 saturated heterocycles. The number of dihydropyridines is 1. The highest BCUT2D eigenvalue weighted by Gasteiger charge is 2.24. The fraction of sp³-hybridized carbons (Fsp3) is 0.167. The molecule has 5 rings (SSSR count). The van der Waals surface area contributed by atoms with Crippen LogP contribution in [0.3, 0.4) is 0 Å². The van der Waals surface area contributed by atoms with E-state index < -0.39 is 33.3 Å². The fourth-order valence-corrected chi connectivity index (χ4v) is 5.56. The lowest BCUT2D eigenvalue weighted by molar-refractivity contribution is -0.120. The van der Waals surface area contributed by atoms with Crippen molar-refractivity contribution in [1.82, 2.24) is 15.6 Å². The number of aromatic nitrogens is 1. The minimum Gasteiger partial charge on any atom is -0.383 e. The second-order valence-corrected chi connectivity index (χ2v) is 11.7. The molecule has 1 aliphatic heterocycles. The van der Waals surface area contributed by atoms with E-state index in [1.54, 1.807) is 30.5 Å². The SMILES string of the molecule is CS(=O)(=O)c1cccc(C2=C([C@H](Cc3cc(F)cc(F)c3)NC(=O)Cc3c[nH]c4ccc(F)cc34)NCC=C2)c1.